The van der Waals surface area contributed by atoms with Gasteiger partial charge in [-0.25, -0.2) is 0 Å². The Hall–Kier alpha value is -1.27. The van der Waals surface area contributed by atoms with Gasteiger partial charge in [-0.2, -0.15) is 0 Å². The van der Waals surface area contributed by atoms with E-state index < -0.39 is 0 Å². The van der Waals surface area contributed by atoms with E-state index in [-0.39, 0.29) is 0 Å². The molecule has 16 heavy (non-hydrogen) atoms. The molecule has 0 aromatic carbocycles. The fraction of sp³-hybridized carbons (Fsp3) is 0.222. The third-order valence-corrected chi connectivity index (χ3v) is 3.29. The number of hydrogen-bond acceptors (Lipinski definition) is 5. The van der Waals surface area contributed by atoms with Crippen molar-refractivity contribution in [2.45, 2.75) is 10.9 Å². The summed E-state index contributed by atoms with van der Waals surface area (Å²) in [5, 5.41) is 9.16. The minimum absolute atomic E-state index is 0.404. The predicted molar refractivity (Wildman–Crippen MR) is 64.2 cm³/mol. The maximum absolute atomic E-state index is 5.86. The molecule has 0 aliphatic rings. The molecule has 0 bridgehead atoms. The number of thioether (sulfide) groups is 1. The van der Waals surface area contributed by atoms with Crippen molar-refractivity contribution in [2.75, 3.05) is 5.73 Å². The molecule has 0 fully saturated rings. The number of halogens is 1. The summed E-state index contributed by atoms with van der Waals surface area (Å²) in [6.07, 6.45) is 1.68. The van der Waals surface area contributed by atoms with Crippen molar-refractivity contribution in [3.05, 3.63) is 29.0 Å². The van der Waals surface area contributed by atoms with Crippen molar-refractivity contribution in [2.24, 2.45) is 7.05 Å². The van der Waals surface area contributed by atoms with Crippen LogP contribution >= 0.6 is 23.4 Å². The first kappa shape index (κ1) is 11.2. The largest absolute Gasteiger partial charge is 0.368 e. The number of anilines is 1. The summed E-state index contributed by atoms with van der Waals surface area (Å²) in [4.78, 5) is 4.20. The van der Waals surface area contributed by atoms with Crippen LogP contribution in [0.3, 0.4) is 0 Å². The molecule has 0 amide bonds. The topological polar surface area (TPSA) is 69.6 Å². The Balaban J connectivity index is 2.05. The van der Waals surface area contributed by atoms with Gasteiger partial charge in [-0.3, -0.25) is 9.55 Å². The van der Waals surface area contributed by atoms with Crippen LogP contribution in [-0.4, -0.2) is 19.7 Å². The van der Waals surface area contributed by atoms with Crippen LogP contribution in [0, 0.1) is 0 Å². The molecule has 0 spiro atoms. The number of pyridine rings is 1. The number of nitrogens with zero attached hydrogens (tertiary/aromatic N) is 4. The molecule has 0 saturated carbocycles. The molecule has 0 atom stereocenters. The minimum Gasteiger partial charge on any atom is -0.368 e. The Morgan fingerprint density at radius 1 is 1.50 bits per heavy atom. The second kappa shape index (κ2) is 4.71. The van der Waals surface area contributed by atoms with Crippen LogP contribution in [0.25, 0.3) is 0 Å². The van der Waals surface area contributed by atoms with Crippen LogP contribution in [0.15, 0.2) is 23.5 Å². The monoisotopic (exact) mass is 255 g/mol. The molecule has 2 aromatic heterocycles. The van der Waals surface area contributed by atoms with Gasteiger partial charge >= 0.3 is 0 Å². The average molecular weight is 256 g/mol. The van der Waals surface area contributed by atoms with Crippen molar-refractivity contribution in [1.82, 2.24) is 19.7 Å². The summed E-state index contributed by atoms with van der Waals surface area (Å²) < 4.78 is 1.73. The van der Waals surface area contributed by atoms with Crippen LogP contribution in [0.5, 0.6) is 0 Å². The van der Waals surface area contributed by atoms with Crippen molar-refractivity contribution >= 4 is 29.3 Å². The van der Waals surface area contributed by atoms with E-state index in [0.717, 1.165) is 10.9 Å². The second-order valence-electron chi connectivity index (χ2n) is 3.15. The third-order valence-electron chi connectivity index (χ3n) is 2.00. The van der Waals surface area contributed by atoms with Gasteiger partial charge in [0.15, 0.2) is 5.16 Å². The summed E-state index contributed by atoms with van der Waals surface area (Å²) in [7, 11) is 1.82. The van der Waals surface area contributed by atoms with Crippen molar-refractivity contribution in [1.29, 1.82) is 0 Å². The van der Waals surface area contributed by atoms with E-state index in [1.807, 2.05) is 13.1 Å². The van der Waals surface area contributed by atoms with Gasteiger partial charge in [0, 0.05) is 24.0 Å². The quantitative estimate of drug-likeness (QED) is 0.846. The first-order chi connectivity index (χ1) is 7.66. The Kier molecular flexibility index (Phi) is 3.31. The average Bonchev–Trinajstić information content (AvgIpc) is 2.57. The van der Waals surface area contributed by atoms with E-state index in [2.05, 4.69) is 15.2 Å². The lowest BCUT2D eigenvalue weighted by Gasteiger charge is -2.01. The summed E-state index contributed by atoms with van der Waals surface area (Å²) in [5.41, 5.74) is 6.47. The Morgan fingerprint density at radius 2 is 2.31 bits per heavy atom. The van der Waals surface area contributed by atoms with E-state index in [9.17, 15) is 0 Å². The molecule has 2 rings (SSSR count). The Bertz CT molecular complexity index is 498. The first-order valence-corrected chi connectivity index (χ1v) is 5.91. The molecule has 2 aromatic rings. The summed E-state index contributed by atoms with van der Waals surface area (Å²) >= 11 is 7.38. The van der Waals surface area contributed by atoms with E-state index in [4.69, 9.17) is 17.3 Å². The molecule has 0 aliphatic heterocycles. The zero-order chi connectivity index (χ0) is 11.5. The molecule has 84 valence electrons. The fourth-order valence-electron chi connectivity index (χ4n) is 1.12. The molecular formula is C9H10ClN5S. The van der Waals surface area contributed by atoms with Crippen LogP contribution < -0.4 is 5.73 Å². The normalized spacial score (nSPS) is 10.6. The van der Waals surface area contributed by atoms with Gasteiger partial charge in [-0.05, 0) is 12.1 Å². The van der Waals surface area contributed by atoms with Crippen molar-refractivity contribution in [3.63, 3.8) is 0 Å². The van der Waals surface area contributed by atoms with Gasteiger partial charge in [0.25, 0.3) is 0 Å². The summed E-state index contributed by atoms with van der Waals surface area (Å²) in [6.45, 7) is 0. The van der Waals surface area contributed by atoms with Crippen LogP contribution in [-0.2, 0) is 12.8 Å². The molecule has 0 unspecified atom stereocenters. The summed E-state index contributed by atoms with van der Waals surface area (Å²) in [5.74, 6) is 1.09. The molecule has 7 heteroatoms. The number of nitrogen functional groups attached to an aromatic ring is 1. The first-order valence-electron chi connectivity index (χ1n) is 4.55. The van der Waals surface area contributed by atoms with Gasteiger partial charge in [0.05, 0.1) is 5.69 Å². The highest BCUT2D eigenvalue weighted by molar-refractivity contribution is 7.98. The molecule has 5 nitrogen and oxygen atoms in total. The molecule has 2 heterocycles. The molecular weight excluding hydrogens is 246 g/mol. The van der Waals surface area contributed by atoms with E-state index >= 15 is 0 Å². The lowest BCUT2D eigenvalue weighted by Crippen LogP contribution is -1.98. The zero-order valence-corrected chi connectivity index (χ0v) is 10.2. The molecule has 0 aliphatic carbocycles. The third kappa shape index (κ3) is 2.45. The smallest absolute Gasteiger partial charge is 0.222 e. The second-order valence-corrected chi connectivity index (χ2v) is 4.53. The number of hydrogen-bond donors (Lipinski definition) is 1. The molecule has 2 N–H and O–H groups in total. The maximum Gasteiger partial charge on any atom is 0.222 e. The highest BCUT2D eigenvalue weighted by atomic mass is 35.5. The Labute approximate surface area is 102 Å². The Morgan fingerprint density at radius 3 is 2.94 bits per heavy atom. The van der Waals surface area contributed by atoms with Crippen molar-refractivity contribution < 1.29 is 0 Å². The van der Waals surface area contributed by atoms with Crippen molar-refractivity contribution in [3.8, 4) is 0 Å². The van der Waals surface area contributed by atoms with E-state index in [0.29, 0.717) is 16.7 Å². The standard InChI is InChI=1S/C9H10ClN5S/c1-15-8(11)13-14-9(15)16-5-7-4-6(10)2-3-12-7/h2-4H,5H2,1H3,(H2,11,13). The maximum atomic E-state index is 5.86. The lowest BCUT2D eigenvalue weighted by atomic mass is 10.4. The van der Waals surface area contributed by atoms with Gasteiger partial charge in [0.1, 0.15) is 0 Å². The van der Waals surface area contributed by atoms with E-state index in [1.165, 1.54) is 11.8 Å². The molecule has 0 saturated heterocycles. The highest BCUT2D eigenvalue weighted by Crippen LogP contribution is 2.21. The molecule has 0 radical (unpaired) electrons. The van der Waals surface area contributed by atoms with Crippen LogP contribution in [0.2, 0.25) is 5.02 Å². The van der Waals surface area contributed by atoms with Gasteiger partial charge in [0.2, 0.25) is 5.95 Å². The number of rotatable bonds is 3. The van der Waals surface area contributed by atoms with Gasteiger partial charge < -0.3 is 5.73 Å². The SMILES string of the molecule is Cn1c(N)nnc1SCc1cc(Cl)ccn1. The highest BCUT2D eigenvalue weighted by Gasteiger charge is 2.06. The predicted octanol–water partition coefficient (Wildman–Crippen LogP) is 1.74. The van der Waals surface area contributed by atoms with Crippen LogP contribution in [0.4, 0.5) is 5.95 Å². The van der Waals surface area contributed by atoms with E-state index in [1.54, 1.807) is 16.8 Å². The number of nitrogens with two attached hydrogens (primary N) is 1. The number of aromatic nitrogens is 4. The minimum atomic E-state index is 0.404. The fourth-order valence-corrected chi connectivity index (χ4v) is 2.12. The van der Waals surface area contributed by atoms with Crippen LogP contribution in [0.1, 0.15) is 5.69 Å². The van der Waals surface area contributed by atoms with Gasteiger partial charge in [-0.1, -0.05) is 23.4 Å². The zero-order valence-electron chi connectivity index (χ0n) is 8.59. The lowest BCUT2D eigenvalue weighted by molar-refractivity contribution is 0.795. The summed E-state index contributed by atoms with van der Waals surface area (Å²) in [6, 6.07) is 3.57. The van der Waals surface area contributed by atoms with Gasteiger partial charge in [-0.15, -0.1) is 10.2 Å².